The van der Waals surface area contributed by atoms with Crippen molar-refractivity contribution in [3.63, 3.8) is 0 Å². The first-order valence-corrected chi connectivity index (χ1v) is 6.37. The number of nitrogens with one attached hydrogen (secondary N) is 1. The summed E-state index contributed by atoms with van der Waals surface area (Å²) < 4.78 is 28.2. The van der Waals surface area contributed by atoms with E-state index in [0.717, 1.165) is 0 Å². The highest BCUT2D eigenvalue weighted by Crippen LogP contribution is 2.19. The fourth-order valence-corrected chi connectivity index (χ4v) is 2.08. The first-order chi connectivity index (χ1) is 9.31. The van der Waals surface area contributed by atoms with E-state index in [2.05, 4.69) is 10.1 Å². The molecule has 110 valence electrons. The van der Waals surface area contributed by atoms with Crippen LogP contribution in [-0.2, 0) is 4.79 Å². The standard InChI is InChI=1S/C13H16F2N2O2S/c1-7(2)10(11(16)20)12(18)17-8-3-5-9(6-4-8)19-13(14)15/h3-7,10,13H,1-2H3,(H2,16,20)(H,17,18). The van der Waals surface area contributed by atoms with Crippen molar-refractivity contribution in [2.24, 2.45) is 17.6 Å². The number of ether oxygens (including phenoxy) is 1. The molecule has 3 N–H and O–H groups in total. The first kappa shape index (κ1) is 16.3. The zero-order valence-corrected chi connectivity index (χ0v) is 11.9. The van der Waals surface area contributed by atoms with Crippen LogP contribution in [0.2, 0.25) is 0 Å². The zero-order chi connectivity index (χ0) is 15.3. The molecule has 0 heterocycles. The van der Waals surface area contributed by atoms with Crippen LogP contribution in [0.25, 0.3) is 0 Å². The quantitative estimate of drug-likeness (QED) is 0.793. The average molecular weight is 302 g/mol. The van der Waals surface area contributed by atoms with E-state index in [1.165, 1.54) is 24.3 Å². The minimum atomic E-state index is -2.88. The predicted octanol–water partition coefficient (Wildman–Crippen LogP) is 2.78. The fraction of sp³-hybridized carbons (Fsp3) is 0.385. The van der Waals surface area contributed by atoms with E-state index in [1.54, 1.807) is 0 Å². The molecule has 1 aromatic carbocycles. The third-order valence-corrected chi connectivity index (χ3v) is 2.86. The molecular formula is C13H16F2N2O2S. The second-order valence-electron chi connectivity index (χ2n) is 4.52. The van der Waals surface area contributed by atoms with Crippen molar-refractivity contribution in [3.05, 3.63) is 24.3 Å². The van der Waals surface area contributed by atoms with Crippen LogP contribution in [0, 0.1) is 11.8 Å². The molecule has 0 radical (unpaired) electrons. The Morgan fingerprint density at radius 2 is 1.85 bits per heavy atom. The normalized spacial score (nSPS) is 12.3. The molecule has 0 aliphatic carbocycles. The molecule has 1 amide bonds. The van der Waals surface area contributed by atoms with Crippen molar-refractivity contribution < 1.29 is 18.3 Å². The number of amides is 1. The number of thiocarbonyl (C=S) groups is 1. The van der Waals surface area contributed by atoms with E-state index < -0.39 is 12.5 Å². The van der Waals surface area contributed by atoms with E-state index in [0.29, 0.717) is 5.69 Å². The maximum atomic E-state index is 12.0. The van der Waals surface area contributed by atoms with Gasteiger partial charge in [-0.15, -0.1) is 0 Å². The van der Waals surface area contributed by atoms with Gasteiger partial charge in [0.05, 0.1) is 10.9 Å². The topological polar surface area (TPSA) is 64.3 Å². The van der Waals surface area contributed by atoms with Crippen molar-refractivity contribution in [3.8, 4) is 5.75 Å². The van der Waals surface area contributed by atoms with Crippen LogP contribution in [0.4, 0.5) is 14.5 Å². The van der Waals surface area contributed by atoms with E-state index in [9.17, 15) is 13.6 Å². The maximum Gasteiger partial charge on any atom is 0.387 e. The molecule has 20 heavy (non-hydrogen) atoms. The van der Waals surface area contributed by atoms with E-state index >= 15 is 0 Å². The Morgan fingerprint density at radius 1 is 1.30 bits per heavy atom. The van der Waals surface area contributed by atoms with Crippen LogP contribution in [0.15, 0.2) is 24.3 Å². The van der Waals surface area contributed by atoms with Crippen LogP contribution in [0.3, 0.4) is 0 Å². The summed E-state index contributed by atoms with van der Waals surface area (Å²) in [5.74, 6) is -0.918. The summed E-state index contributed by atoms with van der Waals surface area (Å²) in [5.41, 5.74) is 6.00. The predicted molar refractivity (Wildman–Crippen MR) is 76.8 cm³/mol. The highest BCUT2D eigenvalue weighted by molar-refractivity contribution is 7.80. The summed E-state index contributed by atoms with van der Waals surface area (Å²) >= 11 is 4.87. The van der Waals surface area contributed by atoms with Crippen LogP contribution < -0.4 is 15.8 Å². The molecule has 0 spiro atoms. The highest BCUT2D eigenvalue weighted by Gasteiger charge is 2.24. The van der Waals surface area contributed by atoms with Crippen molar-refractivity contribution in [2.75, 3.05) is 5.32 Å². The van der Waals surface area contributed by atoms with Gasteiger partial charge in [0, 0.05) is 5.69 Å². The molecule has 7 heteroatoms. The van der Waals surface area contributed by atoms with Crippen LogP contribution in [-0.4, -0.2) is 17.5 Å². The van der Waals surface area contributed by atoms with Gasteiger partial charge >= 0.3 is 6.61 Å². The number of hydrogen-bond donors (Lipinski definition) is 2. The fourth-order valence-electron chi connectivity index (χ4n) is 1.70. The summed E-state index contributed by atoms with van der Waals surface area (Å²) in [5, 5.41) is 2.64. The van der Waals surface area contributed by atoms with Crippen molar-refractivity contribution in [1.29, 1.82) is 0 Å². The maximum absolute atomic E-state index is 12.0. The van der Waals surface area contributed by atoms with Gasteiger partial charge < -0.3 is 15.8 Å². The molecule has 0 aliphatic rings. The Kier molecular flexibility index (Phi) is 5.82. The molecule has 1 aromatic rings. The van der Waals surface area contributed by atoms with Crippen molar-refractivity contribution in [1.82, 2.24) is 0 Å². The third kappa shape index (κ3) is 4.73. The Balaban J connectivity index is 2.73. The molecule has 0 aromatic heterocycles. The monoisotopic (exact) mass is 302 g/mol. The van der Waals surface area contributed by atoms with Gasteiger partial charge in [0.2, 0.25) is 5.91 Å². The molecule has 0 saturated carbocycles. The van der Waals surface area contributed by atoms with E-state index in [4.69, 9.17) is 18.0 Å². The van der Waals surface area contributed by atoms with Crippen LogP contribution in [0.1, 0.15) is 13.8 Å². The second kappa shape index (κ2) is 7.14. The third-order valence-electron chi connectivity index (χ3n) is 2.60. The SMILES string of the molecule is CC(C)C(C(=O)Nc1ccc(OC(F)F)cc1)C(N)=S. The van der Waals surface area contributed by atoms with Crippen molar-refractivity contribution in [2.45, 2.75) is 20.5 Å². The minimum Gasteiger partial charge on any atom is -0.435 e. The molecule has 0 aliphatic heterocycles. The van der Waals surface area contributed by atoms with E-state index in [1.807, 2.05) is 13.8 Å². The van der Waals surface area contributed by atoms with Gasteiger partial charge in [-0.3, -0.25) is 4.79 Å². The van der Waals surface area contributed by atoms with Crippen molar-refractivity contribution >= 4 is 28.8 Å². The summed E-state index contributed by atoms with van der Waals surface area (Å²) in [6.07, 6.45) is 0. The average Bonchev–Trinajstić information content (AvgIpc) is 2.29. The first-order valence-electron chi connectivity index (χ1n) is 5.96. The number of benzene rings is 1. The molecule has 1 unspecified atom stereocenters. The summed E-state index contributed by atoms with van der Waals surface area (Å²) in [4.78, 5) is 12.1. The largest absolute Gasteiger partial charge is 0.435 e. The Bertz CT molecular complexity index is 478. The lowest BCUT2D eigenvalue weighted by Gasteiger charge is -2.18. The van der Waals surface area contributed by atoms with Gasteiger partial charge in [0.15, 0.2) is 0 Å². The Hall–Kier alpha value is -1.76. The molecule has 0 bridgehead atoms. The molecule has 4 nitrogen and oxygen atoms in total. The number of nitrogens with two attached hydrogens (primary N) is 1. The van der Waals surface area contributed by atoms with Gasteiger partial charge in [0.25, 0.3) is 0 Å². The number of carbonyl (C=O) groups excluding carboxylic acids is 1. The second-order valence-corrected chi connectivity index (χ2v) is 4.99. The lowest BCUT2D eigenvalue weighted by Crippen LogP contribution is -2.36. The smallest absolute Gasteiger partial charge is 0.387 e. The minimum absolute atomic E-state index is 0.0211. The summed E-state index contributed by atoms with van der Waals surface area (Å²) in [6, 6.07) is 5.61. The van der Waals surface area contributed by atoms with Gasteiger partial charge in [-0.05, 0) is 30.2 Å². The van der Waals surface area contributed by atoms with Gasteiger partial charge in [-0.25, -0.2) is 0 Å². The number of carbonyl (C=O) groups is 1. The Labute approximate surface area is 121 Å². The number of alkyl halides is 2. The highest BCUT2D eigenvalue weighted by atomic mass is 32.1. The molecule has 1 rings (SSSR count). The number of anilines is 1. The molecule has 0 fully saturated rings. The Morgan fingerprint density at radius 3 is 2.25 bits per heavy atom. The van der Waals surface area contributed by atoms with Crippen LogP contribution in [0.5, 0.6) is 5.75 Å². The molecular weight excluding hydrogens is 286 g/mol. The lowest BCUT2D eigenvalue weighted by atomic mass is 9.95. The van der Waals surface area contributed by atoms with Gasteiger partial charge in [-0.2, -0.15) is 8.78 Å². The molecule has 1 atom stereocenters. The number of hydrogen-bond acceptors (Lipinski definition) is 3. The van der Waals surface area contributed by atoms with Gasteiger partial charge in [-0.1, -0.05) is 26.1 Å². The molecule has 0 saturated heterocycles. The zero-order valence-electron chi connectivity index (χ0n) is 11.1. The summed E-state index contributed by atoms with van der Waals surface area (Å²) in [6.45, 7) is 0.793. The van der Waals surface area contributed by atoms with E-state index in [-0.39, 0.29) is 22.6 Å². The van der Waals surface area contributed by atoms with Gasteiger partial charge in [0.1, 0.15) is 5.75 Å². The number of rotatable bonds is 6. The summed E-state index contributed by atoms with van der Waals surface area (Å²) in [7, 11) is 0. The number of halogens is 2. The van der Waals surface area contributed by atoms with Crippen LogP contribution >= 0.6 is 12.2 Å². The lowest BCUT2D eigenvalue weighted by molar-refractivity contribution is -0.118.